The van der Waals surface area contributed by atoms with Crippen LogP contribution < -0.4 is 19.9 Å². The predicted octanol–water partition coefficient (Wildman–Crippen LogP) is 3.05. The molecule has 7 nitrogen and oxygen atoms in total. The van der Waals surface area contributed by atoms with E-state index < -0.39 is 22.0 Å². The summed E-state index contributed by atoms with van der Waals surface area (Å²) in [5.74, 6) is 0.410. The maximum absolute atomic E-state index is 12.5. The first-order chi connectivity index (χ1) is 12.9. The highest BCUT2D eigenvalue weighted by atomic mass is 32.2. The molecule has 2 aromatic rings. The van der Waals surface area contributed by atoms with Gasteiger partial charge in [-0.15, -0.1) is 0 Å². The number of hydrogen-bond acceptors (Lipinski definition) is 5. The van der Waals surface area contributed by atoms with Crippen molar-refractivity contribution in [2.45, 2.75) is 44.1 Å². The molecule has 0 aliphatic carbocycles. The quantitative estimate of drug-likeness (QED) is 0.767. The van der Waals surface area contributed by atoms with Gasteiger partial charge in [0, 0.05) is 0 Å². The molecule has 3 N–H and O–H groups in total. The minimum atomic E-state index is -3.91. The predicted molar refractivity (Wildman–Crippen MR) is 108 cm³/mol. The Bertz CT molecular complexity index is 948. The van der Waals surface area contributed by atoms with Crippen LogP contribution in [0.2, 0.25) is 0 Å². The summed E-state index contributed by atoms with van der Waals surface area (Å²) < 4.78 is 33.9. The minimum Gasteiger partial charge on any atom is -0.495 e. The molecule has 0 saturated heterocycles. The zero-order valence-electron chi connectivity index (χ0n) is 16.6. The zero-order chi connectivity index (χ0) is 21.1. The van der Waals surface area contributed by atoms with E-state index in [4.69, 9.17) is 14.6 Å². The van der Waals surface area contributed by atoms with Gasteiger partial charge in [0.25, 0.3) is 5.91 Å². The van der Waals surface area contributed by atoms with E-state index in [1.54, 1.807) is 6.92 Å². The molecule has 8 heteroatoms. The Kier molecular flexibility index (Phi) is 6.36. The van der Waals surface area contributed by atoms with E-state index in [9.17, 15) is 13.2 Å². The van der Waals surface area contributed by atoms with Crippen molar-refractivity contribution in [2.24, 2.45) is 5.14 Å². The first-order valence-electron chi connectivity index (χ1n) is 8.70. The van der Waals surface area contributed by atoms with Gasteiger partial charge in [-0.1, -0.05) is 32.9 Å². The van der Waals surface area contributed by atoms with Crippen LogP contribution in [0.4, 0.5) is 5.69 Å². The van der Waals surface area contributed by atoms with Crippen molar-refractivity contribution in [3.05, 3.63) is 48.0 Å². The normalized spacial score (nSPS) is 12.9. The average molecular weight is 407 g/mol. The van der Waals surface area contributed by atoms with Crippen LogP contribution in [-0.2, 0) is 20.2 Å². The van der Waals surface area contributed by atoms with Crippen LogP contribution in [0.25, 0.3) is 0 Å². The molecule has 1 amide bonds. The first kappa shape index (κ1) is 21.7. The molecule has 0 radical (unpaired) electrons. The molecule has 0 saturated carbocycles. The molecule has 0 aromatic heterocycles. The highest BCUT2D eigenvalue weighted by Gasteiger charge is 2.19. The summed E-state index contributed by atoms with van der Waals surface area (Å²) in [5, 5.41) is 7.77. The van der Waals surface area contributed by atoms with E-state index in [1.807, 2.05) is 24.3 Å². The number of carbonyl (C=O) groups is 1. The molecule has 0 fully saturated rings. The highest BCUT2D eigenvalue weighted by Crippen LogP contribution is 2.28. The Hall–Kier alpha value is -2.58. The molecule has 152 valence electrons. The SMILES string of the molecule is COc1ccc(S(N)(=O)=O)cc1NC(=O)C(C)Oc1ccc(C(C)(C)C)cc1. The number of ether oxygens (including phenoxy) is 2. The molecule has 0 aliphatic rings. The van der Waals surface area contributed by atoms with E-state index in [0.29, 0.717) is 11.5 Å². The average Bonchev–Trinajstić information content (AvgIpc) is 2.60. The van der Waals surface area contributed by atoms with Gasteiger partial charge in [-0.25, -0.2) is 13.6 Å². The Morgan fingerprint density at radius 1 is 1.11 bits per heavy atom. The standard InChI is InChI=1S/C20H26N2O5S/c1-13(27-15-8-6-14(7-9-15)20(2,3)4)19(23)22-17-12-16(28(21,24)25)10-11-18(17)26-5/h6-13H,1-5H3,(H,22,23)(H2,21,24,25). The molecule has 1 unspecified atom stereocenters. The van der Waals surface area contributed by atoms with Crippen molar-refractivity contribution in [3.63, 3.8) is 0 Å². The maximum Gasteiger partial charge on any atom is 0.265 e. The molecular formula is C20H26N2O5S. The summed E-state index contributed by atoms with van der Waals surface area (Å²) >= 11 is 0. The topological polar surface area (TPSA) is 108 Å². The van der Waals surface area contributed by atoms with E-state index in [2.05, 4.69) is 26.1 Å². The summed E-state index contributed by atoms with van der Waals surface area (Å²) in [4.78, 5) is 12.4. The van der Waals surface area contributed by atoms with Gasteiger partial charge < -0.3 is 14.8 Å². The van der Waals surface area contributed by atoms with Crippen LogP contribution in [0.3, 0.4) is 0 Å². The minimum absolute atomic E-state index is 0.0203. The van der Waals surface area contributed by atoms with Gasteiger partial charge in [0.2, 0.25) is 10.0 Å². The molecule has 28 heavy (non-hydrogen) atoms. The van der Waals surface area contributed by atoms with Gasteiger partial charge in [-0.3, -0.25) is 4.79 Å². The molecule has 0 bridgehead atoms. The van der Waals surface area contributed by atoms with Crippen molar-refractivity contribution in [1.29, 1.82) is 0 Å². The molecule has 0 aliphatic heterocycles. The highest BCUT2D eigenvalue weighted by molar-refractivity contribution is 7.89. The molecule has 1 atom stereocenters. The van der Waals surface area contributed by atoms with Crippen molar-refractivity contribution < 1.29 is 22.7 Å². The van der Waals surface area contributed by atoms with E-state index in [1.165, 1.54) is 25.3 Å². The fourth-order valence-corrected chi connectivity index (χ4v) is 3.03. The van der Waals surface area contributed by atoms with Crippen molar-refractivity contribution >= 4 is 21.6 Å². The lowest BCUT2D eigenvalue weighted by Crippen LogP contribution is -2.30. The fraction of sp³-hybridized carbons (Fsp3) is 0.350. The number of benzene rings is 2. The molecule has 2 aromatic carbocycles. The monoisotopic (exact) mass is 406 g/mol. The van der Waals surface area contributed by atoms with Gasteiger partial charge in [0.05, 0.1) is 17.7 Å². The lowest BCUT2D eigenvalue weighted by atomic mass is 9.87. The van der Waals surface area contributed by atoms with Gasteiger partial charge in [-0.05, 0) is 48.2 Å². The van der Waals surface area contributed by atoms with Crippen molar-refractivity contribution in [2.75, 3.05) is 12.4 Å². The molecule has 0 heterocycles. The van der Waals surface area contributed by atoms with Gasteiger partial charge in [-0.2, -0.15) is 0 Å². The number of hydrogen-bond donors (Lipinski definition) is 2. The van der Waals surface area contributed by atoms with Crippen LogP contribution in [0.15, 0.2) is 47.4 Å². The molecule has 0 spiro atoms. The third kappa shape index (κ3) is 5.46. The Balaban J connectivity index is 2.14. The fourth-order valence-electron chi connectivity index (χ4n) is 2.49. The van der Waals surface area contributed by atoms with Crippen LogP contribution in [0.1, 0.15) is 33.3 Å². The van der Waals surface area contributed by atoms with Crippen LogP contribution in [0.5, 0.6) is 11.5 Å². The smallest absolute Gasteiger partial charge is 0.265 e. The maximum atomic E-state index is 12.5. The van der Waals surface area contributed by atoms with E-state index in [0.717, 1.165) is 5.56 Å². The lowest BCUT2D eigenvalue weighted by Gasteiger charge is -2.20. The first-order valence-corrected chi connectivity index (χ1v) is 10.3. The third-order valence-electron chi connectivity index (χ3n) is 4.16. The Labute approximate surface area is 165 Å². The summed E-state index contributed by atoms with van der Waals surface area (Å²) in [7, 11) is -2.49. The molecular weight excluding hydrogens is 380 g/mol. The Morgan fingerprint density at radius 2 is 1.71 bits per heavy atom. The summed E-state index contributed by atoms with van der Waals surface area (Å²) in [6, 6.07) is 11.5. The second-order valence-corrected chi connectivity index (χ2v) is 8.99. The largest absolute Gasteiger partial charge is 0.495 e. The second kappa shape index (κ2) is 8.20. The van der Waals surface area contributed by atoms with Crippen LogP contribution >= 0.6 is 0 Å². The number of amides is 1. The third-order valence-corrected chi connectivity index (χ3v) is 5.07. The number of anilines is 1. The summed E-state index contributed by atoms with van der Waals surface area (Å²) in [6.45, 7) is 7.94. The summed E-state index contributed by atoms with van der Waals surface area (Å²) in [5.41, 5.74) is 1.37. The lowest BCUT2D eigenvalue weighted by molar-refractivity contribution is -0.122. The van der Waals surface area contributed by atoms with Crippen molar-refractivity contribution in [3.8, 4) is 11.5 Å². The number of nitrogens with two attached hydrogens (primary N) is 1. The zero-order valence-corrected chi connectivity index (χ0v) is 17.5. The molecule has 2 rings (SSSR count). The number of methoxy groups -OCH3 is 1. The number of carbonyl (C=O) groups excluding carboxylic acids is 1. The van der Waals surface area contributed by atoms with Crippen LogP contribution in [0, 0.1) is 0 Å². The second-order valence-electron chi connectivity index (χ2n) is 7.43. The number of rotatable bonds is 6. The number of sulfonamides is 1. The van der Waals surface area contributed by atoms with Gasteiger partial charge in [0.1, 0.15) is 11.5 Å². The number of primary sulfonamides is 1. The van der Waals surface area contributed by atoms with Gasteiger partial charge >= 0.3 is 0 Å². The van der Waals surface area contributed by atoms with E-state index in [-0.39, 0.29) is 16.0 Å². The van der Waals surface area contributed by atoms with Gasteiger partial charge in [0.15, 0.2) is 6.10 Å². The van der Waals surface area contributed by atoms with Crippen molar-refractivity contribution in [1.82, 2.24) is 0 Å². The van der Waals surface area contributed by atoms with E-state index >= 15 is 0 Å². The summed E-state index contributed by atoms with van der Waals surface area (Å²) in [6.07, 6.45) is -0.816. The Morgan fingerprint density at radius 3 is 2.21 bits per heavy atom. The number of nitrogens with one attached hydrogen (secondary N) is 1. The van der Waals surface area contributed by atoms with Crippen LogP contribution in [-0.4, -0.2) is 27.5 Å².